The van der Waals surface area contributed by atoms with Crippen molar-refractivity contribution in [2.24, 2.45) is 11.8 Å². The van der Waals surface area contributed by atoms with Gasteiger partial charge in [-0.25, -0.2) is 0 Å². The molecule has 2 nitrogen and oxygen atoms in total. The topological polar surface area (TPSA) is 15.3 Å². The molecule has 1 N–H and O–H groups in total. The Bertz CT molecular complexity index is 203. The van der Waals surface area contributed by atoms with Gasteiger partial charge in [0.1, 0.15) is 0 Å². The van der Waals surface area contributed by atoms with Gasteiger partial charge in [-0.1, -0.05) is 20.8 Å². The van der Waals surface area contributed by atoms with Crippen LogP contribution in [0, 0.1) is 11.8 Å². The van der Waals surface area contributed by atoms with Crippen LogP contribution in [0.1, 0.15) is 48.0 Å². The van der Waals surface area contributed by atoms with E-state index in [1.54, 1.807) is 0 Å². The lowest BCUT2D eigenvalue weighted by molar-refractivity contribution is 0.222. The fraction of sp³-hybridized carbons (Fsp3) is 1.00. The van der Waals surface area contributed by atoms with Crippen LogP contribution in [-0.4, -0.2) is 36.1 Å². The standard InChI is InChI=1S/C14H30N2/c1-7-14(5,6)15-8-13(4)16-9-11(2)12(3)10-16/h11-13,15H,7-10H2,1-6H3. The molecule has 0 bridgehead atoms. The average molecular weight is 226 g/mol. The Balaban J connectivity index is 2.33. The Labute approximate surface area is 102 Å². The molecule has 1 heterocycles. The van der Waals surface area contributed by atoms with Crippen molar-refractivity contribution in [3.8, 4) is 0 Å². The maximum atomic E-state index is 3.67. The lowest BCUT2D eigenvalue weighted by atomic mass is 10.0. The minimum Gasteiger partial charge on any atom is -0.310 e. The molecule has 0 aromatic heterocycles. The summed E-state index contributed by atoms with van der Waals surface area (Å²) >= 11 is 0. The van der Waals surface area contributed by atoms with Gasteiger partial charge in [-0.3, -0.25) is 4.90 Å². The third kappa shape index (κ3) is 3.74. The van der Waals surface area contributed by atoms with Gasteiger partial charge in [-0.2, -0.15) is 0 Å². The van der Waals surface area contributed by atoms with Crippen LogP contribution >= 0.6 is 0 Å². The van der Waals surface area contributed by atoms with Gasteiger partial charge in [-0.05, 0) is 39.0 Å². The normalized spacial score (nSPS) is 29.6. The van der Waals surface area contributed by atoms with E-state index in [1.807, 2.05) is 0 Å². The highest BCUT2D eigenvalue weighted by Gasteiger charge is 2.29. The third-order valence-corrected chi connectivity index (χ3v) is 4.40. The van der Waals surface area contributed by atoms with E-state index in [-0.39, 0.29) is 5.54 Å². The molecule has 1 aliphatic rings. The highest BCUT2D eigenvalue weighted by molar-refractivity contribution is 4.85. The van der Waals surface area contributed by atoms with Crippen molar-refractivity contribution >= 4 is 0 Å². The number of hydrogen-bond donors (Lipinski definition) is 1. The fourth-order valence-corrected chi connectivity index (χ4v) is 2.21. The van der Waals surface area contributed by atoms with Gasteiger partial charge in [0.2, 0.25) is 0 Å². The smallest absolute Gasteiger partial charge is 0.0192 e. The van der Waals surface area contributed by atoms with Crippen LogP contribution in [0.25, 0.3) is 0 Å². The molecule has 0 amide bonds. The van der Waals surface area contributed by atoms with Gasteiger partial charge in [0.05, 0.1) is 0 Å². The highest BCUT2D eigenvalue weighted by atomic mass is 15.2. The molecular formula is C14H30N2. The van der Waals surface area contributed by atoms with E-state index in [4.69, 9.17) is 0 Å². The molecule has 96 valence electrons. The molecule has 0 spiro atoms. The van der Waals surface area contributed by atoms with Crippen molar-refractivity contribution in [1.29, 1.82) is 0 Å². The van der Waals surface area contributed by atoms with Crippen LogP contribution in [-0.2, 0) is 0 Å². The molecule has 0 saturated carbocycles. The number of hydrogen-bond acceptors (Lipinski definition) is 2. The summed E-state index contributed by atoms with van der Waals surface area (Å²) in [6.07, 6.45) is 1.19. The van der Waals surface area contributed by atoms with Gasteiger partial charge >= 0.3 is 0 Å². The van der Waals surface area contributed by atoms with E-state index in [0.29, 0.717) is 6.04 Å². The lowest BCUT2D eigenvalue weighted by Gasteiger charge is -2.30. The Kier molecular flexibility index (Phi) is 4.81. The third-order valence-electron chi connectivity index (χ3n) is 4.40. The molecule has 16 heavy (non-hydrogen) atoms. The van der Waals surface area contributed by atoms with E-state index in [1.165, 1.54) is 19.5 Å². The summed E-state index contributed by atoms with van der Waals surface area (Å²) in [5, 5.41) is 3.67. The van der Waals surface area contributed by atoms with Crippen LogP contribution in [0.2, 0.25) is 0 Å². The molecule has 1 rings (SSSR count). The summed E-state index contributed by atoms with van der Waals surface area (Å²) in [4.78, 5) is 2.63. The van der Waals surface area contributed by atoms with E-state index in [2.05, 4.69) is 51.8 Å². The first-order chi connectivity index (χ1) is 7.35. The summed E-state index contributed by atoms with van der Waals surface area (Å²) < 4.78 is 0. The predicted octanol–water partition coefficient (Wildman–Crippen LogP) is 2.74. The van der Waals surface area contributed by atoms with Gasteiger partial charge in [0, 0.05) is 31.2 Å². The second-order valence-corrected chi connectivity index (χ2v) is 6.38. The molecule has 0 aromatic rings. The Morgan fingerprint density at radius 3 is 2.19 bits per heavy atom. The van der Waals surface area contributed by atoms with E-state index in [0.717, 1.165) is 18.4 Å². The second-order valence-electron chi connectivity index (χ2n) is 6.38. The monoisotopic (exact) mass is 226 g/mol. The van der Waals surface area contributed by atoms with Crippen molar-refractivity contribution in [2.75, 3.05) is 19.6 Å². The van der Waals surface area contributed by atoms with Gasteiger partial charge in [-0.15, -0.1) is 0 Å². The van der Waals surface area contributed by atoms with Gasteiger partial charge < -0.3 is 5.32 Å². The minimum atomic E-state index is 0.283. The second kappa shape index (κ2) is 5.50. The molecule has 2 heteroatoms. The van der Waals surface area contributed by atoms with Gasteiger partial charge in [0.25, 0.3) is 0 Å². The molecule has 3 unspecified atom stereocenters. The molecule has 1 saturated heterocycles. The van der Waals surface area contributed by atoms with E-state index >= 15 is 0 Å². The quantitative estimate of drug-likeness (QED) is 0.775. The molecule has 1 aliphatic heterocycles. The van der Waals surface area contributed by atoms with Crippen LogP contribution in [0.5, 0.6) is 0 Å². The average Bonchev–Trinajstić information content (AvgIpc) is 2.56. The first-order valence-electron chi connectivity index (χ1n) is 6.84. The van der Waals surface area contributed by atoms with Crippen molar-refractivity contribution in [1.82, 2.24) is 10.2 Å². The number of rotatable bonds is 5. The van der Waals surface area contributed by atoms with Crippen LogP contribution < -0.4 is 5.32 Å². The summed E-state index contributed by atoms with van der Waals surface area (Å²) in [5.74, 6) is 1.73. The molecular weight excluding hydrogens is 196 g/mol. The summed E-state index contributed by atoms with van der Waals surface area (Å²) in [6.45, 7) is 17.6. The summed E-state index contributed by atoms with van der Waals surface area (Å²) in [6, 6.07) is 0.665. The highest BCUT2D eigenvalue weighted by Crippen LogP contribution is 2.23. The maximum absolute atomic E-state index is 3.67. The van der Waals surface area contributed by atoms with Crippen molar-refractivity contribution in [3.05, 3.63) is 0 Å². The number of nitrogens with one attached hydrogen (secondary N) is 1. The summed E-state index contributed by atoms with van der Waals surface area (Å²) in [5.41, 5.74) is 0.283. The van der Waals surface area contributed by atoms with Crippen LogP contribution in [0.15, 0.2) is 0 Å². The van der Waals surface area contributed by atoms with Crippen LogP contribution in [0.4, 0.5) is 0 Å². The Morgan fingerprint density at radius 1 is 1.25 bits per heavy atom. The first-order valence-corrected chi connectivity index (χ1v) is 6.84. The number of nitrogens with zero attached hydrogens (tertiary/aromatic N) is 1. The molecule has 3 atom stereocenters. The largest absolute Gasteiger partial charge is 0.310 e. The Hall–Kier alpha value is -0.0800. The van der Waals surface area contributed by atoms with Crippen LogP contribution in [0.3, 0.4) is 0 Å². The zero-order valence-corrected chi connectivity index (χ0v) is 12.0. The van der Waals surface area contributed by atoms with Gasteiger partial charge in [0.15, 0.2) is 0 Å². The van der Waals surface area contributed by atoms with Crippen molar-refractivity contribution in [3.63, 3.8) is 0 Å². The SMILES string of the molecule is CCC(C)(C)NCC(C)N1CC(C)C(C)C1. The summed E-state index contributed by atoms with van der Waals surface area (Å²) in [7, 11) is 0. The number of likely N-dealkylation sites (tertiary alicyclic amines) is 1. The lowest BCUT2D eigenvalue weighted by Crippen LogP contribution is -2.47. The Morgan fingerprint density at radius 2 is 1.75 bits per heavy atom. The fourth-order valence-electron chi connectivity index (χ4n) is 2.21. The maximum Gasteiger partial charge on any atom is 0.0192 e. The zero-order valence-electron chi connectivity index (χ0n) is 12.0. The first kappa shape index (κ1) is 14.0. The van der Waals surface area contributed by atoms with E-state index in [9.17, 15) is 0 Å². The molecule has 1 fully saturated rings. The zero-order chi connectivity index (χ0) is 12.3. The van der Waals surface area contributed by atoms with Crippen molar-refractivity contribution < 1.29 is 0 Å². The molecule has 0 aromatic carbocycles. The molecule has 0 aliphatic carbocycles. The minimum absolute atomic E-state index is 0.283. The van der Waals surface area contributed by atoms with Crippen molar-refractivity contribution in [2.45, 2.75) is 59.5 Å². The van der Waals surface area contributed by atoms with E-state index < -0.39 is 0 Å². The predicted molar refractivity (Wildman–Crippen MR) is 71.7 cm³/mol. The molecule has 0 radical (unpaired) electrons.